The molecule has 0 aliphatic carbocycles. The Morgan fingerprint density at radius 3 is 2.57 bits per heavy atom. The standard InChI is InChI=1S/C17H22N2O2/c1-12-5-7-15(8-6-12)21-11-14(3)19-16-9-13(2)18-10-17(16)20-4/h5-10,14H,11H2,1-4H3,(H,18,19). The molecule has 0 fully saturated rings. The van der Waals surface area contributed by atoms with Crippen molar-refractivity contribution in [2.75, 3.05) is 19.0 Å². The van der Waals surface area contributed by atoms with Gasteiger partial charge in [0.25, 0.3) is 0 Å². The van der Waals surface area contributed by atoms with Crippen LogP contribution in [0.2, 0.25) is 0 Å². The lowest BCUT2D eigenvalue weighted by atomic mass is 10.2. The van der Waals surface area contributed by atoms with Crippen LogP contribution in [-0.4, -0.2) is 24.7 Å². The number of ether oxygens (including phenoxy) is 2. The second-order valence-electron chi connectivity index (χ2n) is 5.20. The average molecular weight is 286 g/mol. The molecule has 0 radical (unpaired) electrons. The summed E-state index contributed by atoms with van der Waals surface area (Å²) in [5, 5.41) is 3.39. The normalized spacial score (nSPS) is 11.8. The van der Waals surface area contributed by atoms with Gasteiger partial charge in [0.2, 0.25) is 0 Å². The third-order valence-electron chi connectivity index (χ3n) is 3.15. The number of aromatic nitrogens is 1. The highest BCUT2D eigenvalue weighted by Crippen LogP contribution is 2.24. The Bertz CT molecular complexity index is 582. The van der Waals surface area contributed by atoms with Crippen LogP contribution >= 0.6 is 0 Å². The van der Waals surface area contributed by atoms with Gasteiger partial charge < -0.3 is 14.8 Å². The van der Waals surface area contributed by atoms with Gasteiger partial charge in [0.15, 0.2) is 5.75 Å². The molecule has 1 aromatic carbocycles. The smallest absolute Gasteiger partial charge is 0.160 e. The summed E-state index contributed by atoms with van der Waals surface area (Å²) in [6, 6.07) is 10.2. The zero-order valence-corrected chi connectivity index (χ0v) is 13.0. The molecule has 4 heteroatoms. The Kier molecular flexibility index (Phi) is 5.04. The van der Waals surface area contributed by atoms with Crippen LogP contribution in [-0.2, 0) is 0 Å². The molecule has 1 heterocycles. The topological polar surface area (TPSA) is 43.4 Å². The molecule has 1 unspecified atom stereocenters. The van der Waals surface area contributed by atoms with Crippen molar-refractivity contribution in [3.05, 3.63) is 47.8 Å². The van der Waals surface area contributed by atoms with Gasteiger partial charge in [-0.05, 0) is 39.0 Å². The Hall–Kier alpha value is -2.23. The molecule has 21 heavy (non-hydrogen) atoms. The minimum Gasteiger partial charge on any atom is -0.493 e. The van der Waals surface area contributed by atoms with Gasteiger partial charge in [-0.2, -0.15) is 0 Å². The molecule has 0 aliphatic rings. The number of methoxy groups -OCH3 is 1. The van der Waals surface area contributed by atoms with Crippen molar-refractivity contribution in [1.82, 2.24) is 4.98 Å². The quantitative estimate of drug-likeness (QED) is 0.881. The van der Waals surface area contributed by atoms with Gasteiger partial charge in [0.05, 0.1) is 25.0 Å². The molecule has 0 aliphatic heterocycles. The van der Waals surface area contributed by atoms with Crippen LogP contribution < -0.4 is 14.8 Å². The zero-order valence-electron chi connectivity index (χ0n) is 13.0. The van der Waals surface area contributed by atoms with Crippen LogP contribution in [0.5, 0.6) is 11.5 Å². The first-order chi connectivity index (χ1) is 10.1. The highest BCUT2D eigenvalue weighted by molar-refractivity contribution is 5.56. The van der Waals surface area contributed by atoms with E-state index >= 15 is 0 Å². The van der Waals surface area contributed by atoms with E-state index in [1.165, 1.54) is 5.56 Å². The Morgan fingerprint density at radius 2 is 1.90 bits per heavy atom. The van der Waals surface area contributed by atoms with Gasteiger partial charge in [0.1, 0.15) is 12.4 Å². The van der Waals surface area contributed by atoms with Crippen LogP contribution in [0.25, 0.3) is 0 Å². The van der Waals surface area contributed by atoms with E-state index in [0.717, 1.165) is 22.9 Å². The van der Waals surface area contributed by atoms with Crippen molar-refractivity contribution in [3.63, 3.8) is 0 Å². The molecular formula is C17H22N2O2. The Labute approximate surface area is 126 Å². The summed E-state index contributed by atoms with van der Waals surface area (Å²) in [7, 11) is 1.64. The Balaban J connectivity index is 1.94. The lowest BCUT2D eigenvalue weighted by molar-refractivity contribution is 0.303. The summed E-state index contributed by atoms with van der Waals surface area (Å²) in [6.07, 6.45) is 1.73. The second-order valence-corrected chi connectivity index (χ2v) is 5.20. The van der Waals surface area contributed by atoms with Crippen molar-refractivity contribution >= 4 is 5.69 Å². The maximum atomic E-state index is 5.78. The molecule has 2 rings (SSSR count). The fourth-order valence-corrected chi connectivity index (χ4v) is 1.99. The SMILES string of the molecule is COc1cnc(C)cc1NC(C)COc1ccc(C)cc1. The van der Waals surface area contributed by atoms with Crippen molar-refractivity contribution < 1.29 is 9.47 Å². The number of anilines is 1. The van der Waals surface area contributed by atoms with Gasteiger partial charge in [0, 0.05) is 5.69 Å². The molecule has 0 saturated carbocycles. The number of benzene rings is 1. The van der Waals surface area contributed by atoms with Crippen LogP contribution in [0.15, 0.2) is 36.5 Å². The molecule has 1 N–H and O–H groups in total. The van der Waals surface area contributed by atoms with Gasteiger partial charge in [-0.15, -0.1) is 0 Å². The monoisotopic (exact) mass is 286 g/mol. The van der Waals surface area contributed by atoms with Crippen molar-refractivity contribution in [1.29, 1.82) is 0 Å². The number of pyridine rings is 1. The summed E-state index contributed by atoms with van der Waals surface area (Å²) in [4.78, 5) is 4.22. The summed E-state index contributed by atoms with van der Waals surface area (Å²) in [5.74, 6) is 1.62. The van der Waals surface area contributed by atoms with E-state index in [0.29, 0.717) is 6.61 Å². The van der Waals surface area contributed by atoms with Crippen molar-refractivity contribution in [3.8, 4) is 11.5 Å². The molecule has 4 nitrogen and oxygen atoms in total. The van der Waals surface area contributed by atoms with E-state index in [2.05, 4.69) is 24.1 Å². The van der Waals surface area contributed by atoms with Gasteiger partial charge in [-0.1, -0.05) is 17.7 Å². The summed E-state index contributed by atoms with van der Waals surface area (Å²) < 4.78 is 11.1. The van der Waals surface area contributed by atoms with Crippen LogP contribution in [0.4, 0.5) is 5.69 Å². The molecule has 0 amide bonds. The highest BCUT2D eigenvalue weighted by atomic mass is 16.5. The fraction of sp³-hybridized carbons (Fsp3) is 0.353. The van der Waals surface area contributed by atoms with E-state index in [1.54, 1.807) is 13.3 Å². The zero-order chi connectivity index (χ0) is 15.2. The third-order valence-corrected chi connectivity index (χ3v) is 3.15. The second kappa shape index (κ2) is 6.97. The molecule has 112 valence electrons. The number of nitrogens with one attached hydrogen (secondary N) is 1. The van der Waals surface area contributed by atoms with Gasteiger partial charge >= 0.3 is 0 Å². The summed E-state index contributed by atoms with van der Waals surface area (Å²) >= 11 is 0. The Morgan fingerprint density at radius 1 is 1.19 bits per heavy atom. The lowest BCUT2D eigenvalue weighted by Crippen LogP contribution is -2.23. The minimum absolute atomic E-state index is 0.155. The number of aryl methyl sites for hydroxylation is 2. The van der Waals surface area contributed by atoms with Crippen LogP contribution in [0.1, 0.15) is 18.2 Å². The fourth-order valence-electron chi connectivity index (χ4n) is 1.99. The number of rotatable bonds is 6. The highest BCUT2D eigenvalue weighted by Gasteiger charge is 2.08. The van der Waals surface area contributed by atoms with E-state index in [9.17, 15) is 0 Å². The molecule has 1 aromatic heterocycles. The minimum atomic E-state index is 0.155. The van der Waals surface area contributed by atoms with E-state index in [4.69, 9.17) is 9.47 Å². The van der Waals surface area contributed by atoms with E-state index in [1.807, 2.05) is 37.3 Å². The molecule has 0 spiro atoms. The number of hydrogen-bond donors (Lipinski definition) is 1. The van der Waals surface area contributed by atoms with Gasteiger partial charge in [-0.25, -0.2) is 0 Å². The first-order valence-electron chi connectivity index (χ1n) is 7.05. The predicted molar refractivity (Wildman–Crippen MR) is 85.3 cm³/mol. The third kappa shape index (κ3) is 4.38. The molecular weight excluding hydrogens is 264 g/mol. The lowest BCUT2D eigenvalue weighted by Gasteiger charge is -2.18. The first kappa shape index (κ1) is 15.2. The molecule has 0 saturated heterocycles. The largest absolute Gasteiger partial charge is 0.493 e. The van der Waals surface area contributed by atoms with Crippen LogP contribution in [0.3, 0.4) is 0 Å². The maximum absolute atomic E-state index is 5.78. The molecule has 2 aromatic rings. The maximum Gasteiger partial charge on any atom is 0.160 e. The average Bonchev–Trinajstić information content (AvgIpc) is 2.47. The molecule has 1 atom stereocenters. The van der Waals surface area contributed by atoms with Crippen molar-refractivity contribution in [2.24, 2.45) is 0 Å². The number of hydrogen-bond acceptors (Lipinski definition) is 4. The van der Waals surface area contributed by atoms with Gasteiger partial charge in [-0.3, -0.25) is 4.98 Å². The predicted octanol–water partition coefficient (Wildman–Crippen LogP) is 3.59. The number of nitrogens with zero attached hydrogens (tertiary/aromatic N) is 1. The summed E-state index contributed by atoms with van der Waals surface area (Å²) in [5.41, 5.74) is 3.11. The van der Waals surface area contributed by atoms with Crippen molar-refractivity contribution in [2.45, 2.75) is 26.8 Å². The van der Waals surface area contributed by atoms with E-state index < -0.39 is 0 Å². The first-order valence-corrected chi connectivity index (χ1v) is 7.05. The molecule has 0 bridgehead atoms. The summed E-state index contributed by atoms with van der Waals surface area (Å²) in [6.45, 7) is 6.67. The van der Waals surface area contributed by atoms with Crippen LogP contribution in [0, 0.1) is 13.8 Å². The van der Waals surface area contributed by atoms with E-state index in [-0.39, 0.29) is 6.04 Å².